The van der Waals surface area contributed by atoms with Crippen molar-refractivity contribution in [3.05, 3.63) is 48.3 Å². The molecule has 0 amide bonds. The Labute approximate surface area is 145 Å². The molecule has 0 aliphatic heterocycles. The van der Waals surface area contributed by atoms with E-state index in [0.717, 1.165) is 44.3 Å². The van der Waals surface area contributed by atoms with Gasteiger partial charge in [-0.1, -0.05) is 63.4 Å². The zero-order valence-electron chi connectivity index (χ0n) is 15.1. The molecule has 0 aliphatic rings. The van der Waals surface area contributed by atoms with Crippen molar-refractivity contribution in [3.8, 4) is 11.1 Å². The summed E-state index contributed by atoms with van der Waals surface area (Å²) in [7, 11) is 1.48. The lowest BCUT2D eigenvalue weighted by molar-refractivity contribution is -0.142. The van der Waals surface area contributed by atoms with Gasteiger partial charge in [-0.2, -0.15) is 0 Å². The quantitative estimate of drug-likeness (QED) is 0.577. The third-order valence-electron chi connectivity index (χ3n) is 4.48. The number of hydrogen-bond donors (Lipinski definition) is 0. The van der Waals surface area contributed by atoms with Crippen molar-refractivity contribution in [1.29, 1.82) is 0 Å². The van der Waals surface area contributed by atoms with E-state index in [1.165, 1.54) is 18.2 Å². The molecular weight excluding hydrogens is 298 g/mol. The topological polar surface area (TPSA) is 31.2 Å². The van der Waals surface area contributed by atoms with E-state index < -0.39 is 0 Å². The number of aromatic nitrogens is 1. The van der Waals surface area contributed by atoms with Gasteiger partial charge < -0.3 is 9.30 Å². The molecule has 24 heavy (non-hydrogen) atoms. The molecule has 0 aliphatic carbocycles. The molecule has 0 saturated carbocycles. The first-order valence-electron chi connectivity index (χ1n) is 9.04. The fraction of sp³-hybridized carbons (Fsp3) is 0.476. The van der Waals surface area contributed by atoms with Crippen LogP contribution in [0.3, 0.4) is 0 Å². The molecule has 0 radical (unpaired) electrons. The van der Waals surface area contributed by atoms with Crippen molar-refractivity contribution < 1.29 is 9.53 Å². The van der Waals surface area contributed by atoms with Gasteiger partial charge in [-0.25, -0.2) is 0 Å². The number of methoxy groups -OCH3 is 1. The third kappa shape index (κ3) is 4.50. The molecule has 1 aromatic heterocycles. The van der Waals surface area contributed by atoms with Crippen LogP contribution < -0.4 is 0 Å². The van der Waals surface area contributed by atoms with E-state index in [-0.39, 0.29) is 11.9 Å². The average molecular weight is 327 g/mol. The maximum atomic E-state index is 12.4. The van der Waals surface area contributed by atoms with Crippen LogP contribution in [-0.2, 0) is 16.1 Å². The van der Waals surface area contributed by atoms with Gasteiger partial charge in [0, 0.05) is 18.4 Å². The Hall–Kier alpha value is -2.03. The van der Waals surface area contributed by atoms with E-state index in [0.29, 0.717) is 0 Å². The normalized spacial score (nSPS) is 12.1. The molecule has 0 spiro atoms. The predicted octanol–water partition coefficient (Wildman–Crippen LogP) is 5.40. The molecule has 1 atom stereocenters. The summed E-state index contributed by atoms with van der Waals surface area (Å²) in [6, 6.07) is 12.5. The summed E-state index contributed by atoms with van der Waals surface area (Å²) in [6.45, 7) is 5.29. The number of rotatable bonds is 9. The summed E-state index contributed by atoms with van der Waals surface area (Å²) in [6.07, 6.45) is 7.37. The zero-order valence-corrected chi connectivity index (χ0v) is 15.1. The Balaban J connectivity index is 2.40. The number of hydrogen-bond acceptors (Lipinski definition) is 2. The van der Waals surface area contributed by atoms with Gasteiger partial charge in [0.05, 0.1) is 13.0 Å². The fourth-order valence-electron chi connectivity index (χ4n) is 3.07. The first-order valence-corrected chi connectivity index (χ1v) is 9.04. The van der Waals surface area contributed by atoms with Crippen LogP contribution in [0.4, 0.5) is 0 Å². The highest BCUT2D eigenvalue weighted by Crippen LogP contribution is 2.30. The van der Waals surface area contributed by atoms with Gasteiger partial charge in [0.2, 0.25) is 0 Å². The van der Waals surface area contributed by atoms with E-state index in [1.54, 1.807) is 0 Å². The second kappa shape index (κ2) is 9.31. The van der Waals surface area contributed by atoms with E-state index >= 15 is 0 Å². The highest BCUT2D eigenvalue weighted by Gasteiger charge is 2.25. The molecule has 1 heterocycles. The fourth-order valence-corrected chi connectivity index (χ4v) is 3.07. The molecule has 0 N–H and O–H groups in total. The van der Waals surface area contributed by atoms with Crippen LogP contribution in [-0.4, -0.2) is 17.6 Å². The van der Waals surface area contributed by atoms with Crippen LogP contribution in [0.2, 0.25) is 0 Å². The van der Waals surface area contributed by atoms with Crippen LogP contribution in [0, 0.1) is 0 Å². The van der Waals surface area contributed by atoms with Crippen LogP contribution in [0.25, 0.3) is 11.1 Å². The van der Waals surface area contributed by atoms with Crippen LogP contribution in [0.5, 0.6) is 0 Å². The van der Waals surface area contributed by atoms with Crippen molar-refractivity contribution >= 4 is 5.97 Å². The molecule has 0 saturated heterocycles. The lowest BCUT2D eigenvalue weighted by Crippen LogP contribution is -2.18. The van der Waals surface area contributed by atoms with Gasteiger partial charge in [0.15, 0.2) is 0 Å². The summed E-state index contributed by atoms with van der Waals surface area (Å²) in [5.74, 6) is -0.303. The molecule has 2 aromatic rings. The molecule has 1 aromatic carbocycles. The van der Waals surface area contributed by atoms with E-state index in [4.69, 9.17) is 4.74 Å². The molecular formula is C21H29NO2. The van der Waals surface area contributed by atoms with E-state index in [2.05, 4.69) is 42.8 Å². The molecule has 0 fully saturated rings. The van der Waals surface area contributed by atoms with Crippen molar-refractivity contribution in [3.63, 3.8) is 0 Å². The number of esters is 1. The number of aryl methyl sites for hydroxylation is 1. The molecule has 130 valence electrons. The number of benzene rings is 1. The lowest BCUT2D eigenvalue weighted by atomic mass is 9.97. The molecule has 3 heteroatoms. The summed E-state index contributed by atoms with van der Waals surface area (Å²) < 4.78 is 7.34. The Morgan fingerprint density at radius 2 is 1.79 bits per heavy atom. The first kappa shape index (κ1) is 18.3. The van der Waals surface area contributed by atoms with Gasteiger partial charge in [-0.15, -0.1) is 0 Å². The SMILES string of the molecule is CCCCC(C(=O)OC)c1cc(-c2ccccc2)cn1CCCC. The van der Waals surface area contributed by atoms with Crippen molar-refractivity contribution in [1.82, 2.24) is 4.57 Å². The maximum Gasteiger partial charge on any atom is 0.314 e. The van der Waals surface area contributed by atoms with Crippen LogP contribution in [0.1, 0.15) is 57.6 Å². The summed E-state index contributed by atoms with van der Waals surface area (Å²) in [5, 5.41) is 0. The average Bonchev–Trinajstić information content (AvgIpc) is 3.04. The summed E-state index contributed by atoms with van der Waals surface area (Å²) >= 11 is 0. The Kier molecular flexibility index (Phi) is 7.10. The highest BCUT2D eigenvalue weighted by molar-refractivity contribution is 5.78. The first-order chi connectivity index (χ1) is 11.7. The van der Waals surface area contributed by atoms with Gasteiger partial charge in [0.1, 0.15) is 0 Å². The smallest absolute Gasteiger partial charge is 0.314 e. The standard InChI is InChI=1S/C21H29NO2/c1-4-6-13-19(21(23)24-3)20-15-18(16-22(20)14-7-5-2)17-11-9-8-10-12-17/h8-12,15-16,19H,4-7,13-14H2,1-3H3. The second-order valence-electron chi connectivity index (χ2n) is 6.28. The highest BCUT2D eigenvalue weighted by atomic mass is 16.5. The largest absolute Gasteiger partial charge is 0.469 e. The van der Waals surface area contributed by atoms with Gasteiger partial charge in [-0.05, 0) is 30.0 Å². The predicted molar refractivity (Wildman–Crippen MR) is 99.1 cm³/mol. The molecule has 0 bridgehead atoms. The second-order valence-corrected chi connectivity index (χ2v) is 6.28. The van der Waals surface area contributed by atoms with Crippen molar-refractivity contribution in [2.75, 3.05) is 7.11 Å². The summed E-state index contributed by atoms with van der Waals surface area (Å²) in [4.78, 5) is 12.4. The Morgan fingerprint density at radius 1 is 1.08 bits per heavy atom. The maximum absolute atomic E-state index is 12.4. The lowest BCUT2D eigenvalue weighted by Gasteiger charge is -2.17. The Morgan fingerprint density at radius 3 is 2.42 bits per heavy atom. The third-order valence-corrected chi connectivity index (χ3v) is 4.48. The number of ether oxygens (including phenoxy) is 1. The number of unbranched alkanes of at least 4 members (excludes halogenated alkanes) is 2. The minimum Gasteiger partial charge on any atom is -0.469 e. The van der Waals surface area contributed by atoms with Gasteiger partial charge in [-0.3, -0.25) is 4.79 Å². The molecule has 3 nitrogen and oxygen atoms in total. The molecule has 2 rings (SSSR count). The van der Waals surface area contributed by atoms with Crippen LogP contribution in [0.15, 0.2) is 42.6 Å². The monoisotopic (exact) mass is 327 g/mol. The minimum absolute atomic E-state index is 0.126. The van der Waals surface area contributed by atoms with E-state index in [9.17, 15) is 4.79 Å². The number of carbonyl (C=O) groups is 1. The van der Waals surface area contributed by atoms with Crippen LogP contribution >= 0.6 is 0 Å². The minimum atomic E-state index is -0.177. The number of nitrogens with zero attached hydrogens (tertiary/aromatic N) is 1. The Bertz CT molecular complexity index is 631. The van der Waals surface area contributed by atoms with E-state index in [1.807, 2.05) is 18.2 Å². The summed E-state index contributed by atoms with van der Waals surface area (Å²) in [5.41, 5.74) is 3.45. The van der Waals surface area contributed by atoms with Crippen molar-refractivity contribution in [2.24, 2.45) is 0 Å². The van der Waals surface area contributed by atoms with Gasteiger partial charge >= 0.3 is 5.97 Å². The molecule has 1 unspecified atom stereocenters. The zero-order chi connectivity index (χ0) is 17.4. The van der Waals surface area contributed by atoms with Crippen molar-refractivity contribution in [2.45, 2.75) is 58.4 Å². The van der Waals surface area contributed by atoms with Gasteiger partial charge in [0.25, 0.3) is 0 Å². The number of carbonyl (C=O) groups excluding carboxylic acids is 1.